The van der Waals surface area contributed by atoms with E-state index in [1.54, 1.807) is 5.06 Å². The first-order valence-electron chi connectivity index (χ1n) is 7.68. The van der Waals surface area contributed by atoms with Gasteiger partial charge >= 0.3 is 0 Å². The summed E-state index contributed by atoms with van der Waals surface area (Å²) in [7, 11) is 0. The smallest absolute Gasteiger partial charge is 0.122 e. The van der Waals surface area contributed by atoms with E-state index < -0.39 is 0 Å². The van der Waals surface area contributed by atoms with Crippen molar-refractivity contribution >= 4 is 0 Å². The normalized spacial score (nSPS) is 20.9. The quantitative estimate of drug-likeness (QED) is 0.824. The van der Waals surface area contributed by atoms with Gasteiger partial charge in [0.2, 0.25) is 0 Å². The van der Waals surface area contributed by atoms with Gasteiger partial charge in [-0.2, -0.15) is 5.06 Å². The zero-order valence-electron chi connectivity index (χ0n) is 12.9. The number of hydroxylamine groups is 2. The standard InChI is InChI=1S/C16H25NO5/c1-2-4-16(5-3-1)14-17-15-21-11-10-19-7-6-18-8-9-20-12-13-22-17/h1-5H,6-15H2. The Kier molecular flexibility index (Phi) is 9.09. The molecule has 0 bridgehead atoms. The molecule has 0 radical (unpaired) electrons. The minimum atomic E-state index is 0.398. The molecule has 1 aromatic carbocycles. The zero-order chi connectivity index (χ0) is 15.3. The van der Waals surface area contributed by atoms with E-state index in [1.165, 1.54) is 5.56 Å². The van der Waals surface area contributed by atoms with Crippen molar-refractivity contribution in [2.45, 2.75) is 6.54 Å². The topological polar surface area (TPSA) is 49.4 Å². The second-order valence-electron chi connectivity index (χ2n) is 4.83. The summed E-state index contributed by atoms with van der Waals surface area (Å²) in [5.41, 5.74) is 1.18. The van der Waals surface area contributed by atoms with Crippen LogP contribution in [0.1, 0.15) is 5.56 Å². The molecule has 0 N–H and O–H groups in total. The van der Waals surface area contributed by atoms with Gasteiger partial charge in [-0.3, -0.25) is 4.84 Å². The van der Waals surface area contributed by atoms with Gasteiger partial charge in [-0.05, 0) is 5.56 Å². The number of hydrogen-bond donors (Lipinski definition) is 0. The van der Waals surface area contributed by atoms with Crippen LogP contribution in [0.5, 0.6) is 0 Å². The molecule has 1 saturated heterocycles. The Morgan fingerprint density at radius 1 is 0.682 bits per heavy atom. The van der Waals surface area contributed by atoms with Crippen LogP contribution in [0.25, 0.3) is 0 Å². The summed E-state index contributed by atoms with van der Waals surface area (Å²) in [6, 6.07) is 10.2. The fourth-order valence-corrected chi connectivity index (χ4v) is 1.97. The molecule has 6 nitrogen and oxygen atoms in total. The Balaban J connectivity index is 1.77. The third-order valence-corrected chi connectivity index (χ3v) is 3.05. The Labute approximate surface area is 131 Å². The third-order valence-electron chi connectivity index (χ3n) is 3.05. The highest BCUT2D eigenvalue weighted by molar-refractivity contribution is 5.13. The highest BCUT2D eigenvalue weighted by Gasteiger charge is 2.07. The summed E-state index contributed by atoms with van der Waals surface area (Å²) in [4.78, 5) is 5.72. The fraction of sp³-hybridized carbons (Fsp3) is 0.625. The van der Waals surface area contributed by atoms with Crippen molar-refractivity contribution < 1.29 is 23.8 Å². The summed E-state index contributed by atoms with van der Waals surface area (Å²) in [5.74, 6) is 0. The van der Waals surface area contributed by atoms with Gasteiger partial charge < -0.3 is 18.9 Å². The molecule has 0 saturated carbocycles. The molecule has 0 aromatic heterocycles. The van der Waals surface area contributed by atoms with Crippen LogP contribution in [0.4, 0.5) is 0 Å². The minimum Gasteiger partial charge on any atom is -0.377 e. The Bertz CT molecular complexity index is 360. The van der Waals surface area contributed by atoms with E-state index in [-0.39, 0.29) is 0 Å². The van der Waals surface area contributed by atoms with Gasteiger partial charge in [0, 0.05) is 0 Å². The molecule has 1 aliphatic rings. The van der Waals surface area contributed by atoms with E-state index in [4.69, 9.17) is 23.8 Å². The van der Waals surface area contributed by atoms with Crippen LogP contribution in [0.15, 0.2) is 30.3 Å². The predicted molar refractivity (Wildman–Crippen MR) is 81.2 cm³/mol. The molecule has 0 unspecified atom stereocenters. The van der Waals surface area contributed by atoms with Crippen LogP contribution < -0.4 is 0 Å². The van der Waals surface area contributed by atoms with E-state index >= 15 is 0 Å². The average molecular weight is 311 g/mol. The summed E-state index contributed by atoms with van der Waals surface area (Å²) >= 11 is 0. The maximum absolute atomic E-state index is 5.72. The van der Waals surface area contributed by atoms with Crippen molar-refractivity contribution in [3.63, 3.8) is 0 Å². The molecule has 1 aromatic rings. The molecule has 124 valence electrons. The van der Waals surface area contributed by atoms with Gasteiger partial charge in [-0.1, -0.05) is 30.3 Å². The molecule has 6 heteroatoms. The zero-order valence-corrected chi connectivity index (χ0v) is 12.9. The monoisotopic (exact) mass is 311 g/mol. The van der Waals surface area contributed by atoms with Gasteiger partial charge in [-0.15, -0.1) is 0 Å². The maximum atomic E-state index is 5.72. The first kappa shape index (κ1) is 17.3. The first-order valence-corrected chi connectivity index (χ1v) is 7.68. The Morgan fingerprint density at radius 2 is 1.23 bits per heavy atom. The van der Waals surface area contributed by atoms with E-state index in [0.29, 0.717) is 66.1 Å². The van der Waals surface area contributed by atoms with Gasteiger partial charge in [-0.25, -0.2) is 0 Å². The molecule has 1 fully saturated rings. The Morgan fingerprint density at radius 3 is 1.86 bits per heavy atom. The summed E-state index contributed by atoms with van der Waals surface area (Å²) in [6.45, 7) is 5.49. The molecule has 0 aliphatic carbocycles. The minimum absolute atomic E-state index is 0.398. The number of benzene rings is 1. The van der Waals surface area contributed by atoms with Crippen molar-refractivity contribution in [2.24, 2.45) is 0 Å². The lowest BCUT2D eigenvalue weighted by Gasteiger charge is -2.21. The van der Waals surface area contributed by atoms with E-state index in [1.807, 2.05) is 18.2 Å². The number of nitrogens with zero attached hydrogens (tertiary/aromatic N) is 1. The van der Waals surface area contributed by atoms with Crippen LogP contribution in [0, 0.1) is 0 Å². The van der Waals surface area contributed by atoms with Crippen molar-refractivity contribution in [3.05, 3.63) is 35.9 Å². The summed E-state index contributed by atoms with van der Waals surface area (Å²) < 4.78 is 21.8. The molecule has 22 heavy (non-hydrogen) atoms. The number of ether oxygens (including phenoxy) is 4. The number of hydrogen-bond acceptors (Lipinski definition) is 6. The molecule has 2 rings (SSSR count). The molecule has 1 heterocycles. The largest absolute Gasteiger partial charge is 0.377 e. The van der Waals surface area contributed by atoms with Crippen LogP contribution in [-0.2, 0) is 30.3 Å². The maximum Gasteiger partial charge on any atom is 0.122 e. The lowest BCUT2D eigenvalue weighted by molar-refractivity contribution is -0.222. The third kappa shape index (κ3) is 7.84. The second-order valence-corrected chi connectivity index (χ2v) is 4.83. The van der Waals surface area contributed by atoms with Crippen molar-refractivity contribution in [3.8, 4) is 0 Å². The molecule has 1 aliphatic heterocycles. The van der Waals surface area contributed by atoms with Gasteiger partial charge in [0.15, 0.2) is 0 Å². The van der Waals surface area contributed by atoms with Crippen LogP contribution >= 0.6 is 0 Å². The summed E-state index contributed by atoms with van der Waals surface area (Å²) in [5, 5.41) is 1.80. The lowest BCUT2D eigenvalue weighted by atomic mass is 10.2. The van der Waals surface area contributed by atoms with Crippen molar-refractivity contribution in [2.75, 3.05) is 59.6 Å². The van der Waals surface area contributed by atoms with Crippen LogP contribution in [0.2, 0.25) is 0 Å². The van der Waals surface area contributed by atoms with Crippen molar-refractivity contribution in [1.82, 2.24) is 5.06 Å². The molecular weight excluding hydrogens is 286 g/mol. The van der Waals surface area contributed by atoms with E-state index in [2.05, 4.69) is 12.1 Å². The molecule has 0 amide bonds. The highest BCUT2D eigenvalue weighted by Crippen LogP contribution is 2.05. The Hall–Kier alpha value is -1.02. The molecular formula is C16H25NO5. The highest BCUT2D eigenvalue weighted by atomic mass is 16.7. The second kappa shape index (κ2) is 11.5. The predicted octanol–water partition coefficient (Wildman–Crippen LogP) is 1.46. The summed E-state index contributed by atoms with van der Waals surface area (Å²) in [6.07, 6.45) is 0. The molecule has 0 atom stereocenters. The average Bonchev–Trinajstić information content (AvgIpc) is 2.56. The lowest BCUT2D eigenvalue weighted by Crippen LogP contribution is -2.29. The van der Waals surface area contributed by atoms with E-state index in [9.17, 15) is 0 Å². The van der Waals surface area contributed by atoms with Gasteiger partial charge in [0.1, 0.15) is 6.73 Å². The fourth-order valence-electron chi connectivity index (χ4n) is 1.97. The van der Waals surface area contributed by atoms with Gasteiger partial charge in [0.05, 0.1) is 59.4 Å². The van der Waals surface area contributed by atoms with E-state index in [0.717, 1.165) is 0 Å². The molecule has 0 spiro atoms. The van der Waals surface area contributed by atoms with Crippen molar-refractivity contribution in [1.29, 1.82) is 0 Å². The van der Waals surface area contributed by atoms with Gasteiger partial charge in [0.25, 0.3) is 0 Å². The SMILES string of the molecule is c1ccc(CN2COCCOCCOCCOCCO2)cc1. The van der Waals surface area contributed by atoms with Crippen LogP contribution in [-0.4, -0.2) is 64.6 Å². The number of rotatable bonds is 2. The first-order chi connectivity index (χ1) is 10.9. The van der Waals surface area contributed by atoms with Crippen LogP contribution in [0.3, 0.4) is 0 Å².